The van der Waals surface area contributed by atoms with E-state index in [9.17, 15) is 20.0 Å². The van der Waals surface area contributed by atoms with E-state index in [1.165, 1.54) is 4.57 Å². The molecule has 3 N–H and O–H groups in total. The van der Waals surface area contributed by atoms with Crippen molar-refractivity contribution in [1.29, 1.82) is 5.26 Å². The van der Waals surface area contributed by atoms with Crippen LogP contribution in [-0.4, -0.2) is 53.0 Å². The molecule has 9 nitrogen and oxygen atoms in total. The van der Waals surface area contributed by atoms with Gasteiger partial charge in [-0.05, 0) is 48.7 Å². The number of carbonyl (C=O) groups excluding carboxylic acids is 1. The summed E-state index contributed by atoms with van der Waals surface area (Å²) in [7, 11) is 1.66. The first-order chi connectivity index (χ1) is 16.3. The van der Waals surface area contributed by atoms with Gasteiger partial charge in [0.1, 0.15) is 12.1 Å². The van der Waals surface area contributed by atoms with Crippen molar-refractivity contribution in [2.45, 2.75) is 37.5 Å². The molecular weight excluding hydrogens is 436 g/mol. The molecule has 0 aliphatic carbocycles. The number of nitrogens with zero attached hydrogens (tertiary/aromatic N) is 2. The lowest BCUT2D eigenvalue weighted by atomic mass is 10.0. The zero-order valence-electron chi connectivity index (χ0n) is 19.2. The Balaban J connectivity index is 1.41. The van der Waals surface area contributed by atoms with Gasteiger partial charge in [-0.1, -0.05) is 30.3 Å². The smallest absolute Gasteiger partial charge is 0.408 e. The molecule has 0 bridgehead atoms. The van der Waals surface area contributed by atoms with Gasteiger partial charge in [0.25, 0.3) is 5.91 Å². The monoisotopic (exact) mass is 464 g/mol. The average Bonchev–Trinajstić information content (AvgIpc) is 3.10. The standard InChI is InChI=1S/C25H28N4O5/c1-25(32)9-10-27-14-22(33-15-25)23(30)28-19(13-26)11-16-3-5-17(6-4-16)18-7-8-21-20(12-18)29(2)24(31)34-21/h3-8,12,19,22,27,32H,9-11,14-15H2,1-2H3,(H,28,30). The Morgan fingerprint density at radius 3 is 2.79 bits per heavy atom. The molecule has 34 heavy (non-hydrogen) atoms. The van der Waals surface area contributed by atoms with Gasteiger partial charge < -0.3 is 24.9 Å². The molecule has 1 saturated heterocycles. The lowest BCUT2D eigenvalue weighted by Crippen LogP contribution is -2.51. The number of amides is 1. The third-order valence-corrected chi connectivity index (χ3v) is 6.05. The van der Waals surface area contributed by atoms with E-state index in [1.54, 1.807) is 20.0 Å². The highest BCUT2D eigenvalue weighted by molar-refractivity contribution is 5.82. The predicted molar refractivity (Wildman–Crippen MR) is 126 cm³/mol. The van der Waals surface area contributed by atoms with E-state index in [0.717, 1.165) is 16.7 Å². The van der Waals surface area contributed by atoms with Crippen molar-refractivity contribution >= 4 is 17.0 Å². The van der Waals surface area contributed by atoms with Crippen LogP contribution in [0.15, 0.2) is 51.7 Å². The minimum Gasteiger partial charge on any atom is -0.408 e. The molecule has 2 aromatic carbocycles. The number of benzene rings is 2. The summed E-state index contributed by atoms with van der Waals surface area (Å²) in [6.45, 7) is 2.63. The van der Waals surface area contributed by atoms with Crippen LogP contribution in [0.1, 0.15) is 18.9 Å². The summed E-state index contributed by atoms with van der Waals surface area (Å²) in [5, 5.41) is 25.6. The van der Waals surface area contributed by atoms with Gasteiger partial charge in [0.2, 0.25) is 0 Å². The third kappa shape index (κ3) is 5.37. The normalized spacial score (nSPS) is 21.9. The highest BCUT2D eigenvalue weighted by atomic mass is 16.5. The number of rotatable bonds is 5. The second-order valence-corrected chi connectivity index (χ2v) is 8.95. The first-order valence-electron chi connectivity index (χ1n) is 11.2. The highest BCUT2D eigenvalue weighted by Crippen LogP contribution is 2.24. The van der Waals surface area contributed by atoms with Gasteiger partial charge in [-0.15, -0.1) is 0 Å². The Hall–Kier alpha value is -3.45. The van der Waals surface area contributed by atoms with Crippen LogP contribution >= 0.6 is 0 Å². The highest BCUT2D eigenvalue weighted by Gasteiger charge is 2.29. The molecular formula is C25H28N4O5. The van der Waals surface area contributed by atoms with Gasteiger partial charge in [-0.25, -0.2) is 4.79 Å². The van der Waals surface area contributed by atoms with Crippen molar-refractivity contribution in [1.82, 2.24) is 15.2 Å². The van der Waals surface area contributed by atoms with E-state index >= 15 is 0 Å². The van der Waals surface area contributed by atoms with Gasteiger partial charge in [0.05, 0.1) is 23.8 Å². The van der Waals surface area contributed by atoms with E-state index in [1.807, 2.05) is 36.4 Å². The number of aryl methyl sites for hydroxylation is 1. The Morgan fingerprint density at radius 2 is 2.06 bits per heavy atom. The number of hydrogen-bond acceptors (Lipinski definition) is 7. The molecule has 9 heteroatoms. The lowest BCUT2D eigenvalue weighted by molar-refractivity contribution is -0.139. The average molecular weight is 465 g/mol. The van der Waals surface area contributed by atoms with Crippen molar-refractivity contribution in [3.05, 3.63) is 58.6 Å². The summed E-state index contributed by atoms with van der Waals surface area (Å²) in [5.41, 5.74) is 3.04. The molecule has 3 aromatic rings. The van der Waals surface area contributed by atoms with Crippen LogP contribution in [-0.2, 0) is 23.0 Å². The number of hydrogen-bond donors (Lipinski definition) is 3. The quantitative estimate of drug-likeness (QED) is 0.521. The SMILES string of the molecule is Cn1c(=O)oc2ccc(-c3ccc(CC(C#N)NC(=O)C4CNCCC(C)(O)CO4)cc3)cc21. The van der Waals surface area contributed by atoms with Gasteiger partial charge in [-0.2, -0.15) is 5.26 Å². The molecule has 0 saturated carbocycles. The Labute approximate surface area is 196 Å². The van der Waals surface area contributed by atoms with Gasteiger partial charge in [0.15, 0.2) is 5.58 Å². The number of ether oxygens (including phenoxy) is 1. The minimum atomic E-state index is -1.00. The topological polar surface area (TPSA) is 130 Å². The summed E-state index contributed by atoms with van der Waals surface area (Å²) in [6, 6.07) is 14.7. The zero-order chi connectivity index (χ0) is 24.3. The summed E-state index contributed by atoms with van der Waals surface area (Å²) < 4.78 is 12.2. The van der Waals surface area contributed by atoms with Crippen molar-refractivity contribution in [3.63, 3.8) is 0 Å². The van der Waals surface area contributed by atoms with Crippen LogP contribution in [0.3, 0.4) is 0 Å². The fraction of sp³-hybridized carbons (Fsp3) is 0.400. The van der Waals surface area contributed by atoms with Crippen molar-refractivity contribution in [2.24, 2.45) is 7.05 Å². The first kappa shape index (κ1) is 23.7. The first-order valence-corrected chi connectivity index (χ1v) is 11.2. The van der Waals surface area contributed by atoms with Gasteiger partial charge in [0, 0.05) is 20.0 Å². The largest absolute Gasteiger partial charge is 0.419 e. The number of aromatic nitrogens is 1. The van der Waals surface area contributed by atoms with E-state index in [0.29, 0.717) is 37.0 Å². The Bertz CT molecular complexity index is 1270. The van der Waals surface area contributed by atoms with Gasteiger partial charge >= 0.3 is 5.76 Å². The summed E-state index contributed by atoms with van der Waals surface area (Å²) in [5.74, 6) is -0.787. The molecule has 0 spiro atoms. The maximum atomic E-state index is 12.7. The molecule has 0 radical (unpaired) electrons. The van der Waals surface area contributed by atoms with Crippen LogP contribution in [0, 0.1) is 11.3 Å². The van der Waals surface area contributed by atoms with E-state index in [4.69, 9.17) is 9.15 Å². The number of carbonyl (C=O) groups is 1. The fourth-order valence-electron chi connectivity index (χ4n) is 3.94. The van der Waals surface area contributed by atoms with Gasteiger partial charge in [-0.3, -0.25) is 9.36 Å². The second-order valence-electron chi connectivity index (χ2n) is 8.95. The van der Waals surface area contributed by atoms with E-state index in [2.05, 4.69) is 16.7 Å². The second kappa shape index (κ2) is 9.81. The Kier molecular flexibility index (Phi) is 6.84. The molecule has 178 valence electrons. The molecule has 1 aliphatic heterocycles. The van der Waals surface area contributed by atoms with Crippen molar-refractivity contribution in [3.8, 4) is 17.2 Å². The molecule has 3 atom stereocenters. The van der Waals surface area contributed by atoms with Crippen LogP contribution in [0.5, 0.6) is 0 Å². The van der Waals surface area contributed by atoms with Crippen LogP contribution in [0.4, 0.5) is 0 Å². The van der Waals surface area contributed by atoms with Crippen molar-refractivity contribution in [2.75, 3.05) is 19.7 Å². The number of oxazole rings is 1. The number of nitrogens with one attached hydrogen (secondary N) is 2. The van der Waals surface area contributed by atoms with Crippen molar-refractivity contribution < 1.29 is 19.1 Å². The molecule has 4 rings (SSSR count). The van der Waals surface area contributed by atoms with Crippen LogP contribution < -0.4 is 16.4 Å². The lowest BCUT2D eigenvalue weighted by Gasteiger charge is -2.30. The molecule has 3 unspecified atom stereocenters. The summed E-state index contributed by atoms with van der Waals surface area (Å²) in [6.07, 6.45) is 0.0980. The predicted octanol–water partition coefficient (Wildman–Crippen LogP) is 1.48. The number of aliphatic hydroxyl groups is 1. The molecule has 1 amide bonds. The van der Waals surface area contributed by atoms with E-state index in [-0.39, 0.29) is 12.5 Å². The maximum Gasteiger partial charge on any atom is 0.419 e. The van der Waals surface area contributed by atoms with E-state index < -0.39 is 23.5 Å². The fourth-order valence-corrected chi connectivity index (χ4v) is 3.94. The zero-order valence-corrected chi connectivity index (χ0v) is 19.2. The Morgan fingerprint density at radius 1 is 1.32 bits per heavy atom. The third-order valence-electron chi connectivity index (χ3n) is 6.05. The number of fused-ring (bicyclic) bond motifs is 1. The summed E-state index contributed by atoms with van der Waals surface area (Å²) in [4.78, 5) is 24.4. The van der Waals surface area contributed by atoms with Crippen LogP contribution in [0.25, 0.3) is 22.2 Å². The summed E-state index contributed by atoms with van der Waals surface area (Å²) >= 11 is 0. The molecule has 1 aliphatic rings. The molecule has 1 fully saturated rings. The molecule has 2 heterocycles. The molecule has 1 aromatic heterocycles. The van der Waals surface area contributed by atoms with Crippen LogP contribution in [0.2, 0.25) is 0 Å². The number of nitriles is 1. The minimum absolute atomic E-state index is 0.0597. The maximum absolute atomic E-state index is 12.7.